The molecule has 2 rings (SSSR count). The SMILES string of the molecule is CNC1CCC(N2CCN(CC(C)(C)O)CC2)CC1. The molecular formula is C15H31N3O. The van der Waals surface area contributed by atoms with Crippen molar-refractivity contribution in [1.82, 2.24) is 15.1 Å². The van der Waals surface area contributed by atoms with Crippen molar-refractivity contribution in [2.24, 2.45) is 0 Å². The van der Waals surface area contributed by atoms with Crippen LogP contribution >= 0.6 is 0 Å². The summed E-state index contributed by atoms with van der Waals surface area (Å²) in [7, 11) is 2.08. The minimum Gasteiger partial charge on any atom is -0.389 e. The van der Waals surface area contributed by atoms with E-state index < -0.39 is 5.60 Å². The van der Waals surface area contributed by atoms with E-state index in [-0.39, 0.29) is 0 Å². The lowest BCUT2D eigenvalue weighted by molar-refractivity contribution is 0.00682. The highest BCUT2D eigenvalue weighted by Crippen LogP contribution is 2.24. The largest absolute Gasteiger partial charge is 0.389 e. The number of hydrogen-bond acceptors (Lipinski definition) is 4. The van der Waals surface area contributed by atoms with E-state index in [2.05, 4.69) is 22.2 Å². The lowest BCUT2D eigenvalue weighted by Crippen LogP contribution is -2.54. The van der Waals surface area contributed by atoms with Crippen LogP contribution in [0.25, 0.3) is 0 Å². The molecule has 1 saturated heterocycles. The monoisotopic (exact) mass is 269 g/mol. The molecule has 2 aliphatic rings. The molecular weight excluding hydrogens is 238 g/mol. The molecule has 4 nitrogen and oxygen atoms in total. The van der Waals surface area contributed by atoms with Crippen LogP contribution in [-0.2, 0) is 0 Å². The average Bonchev–Trinajstić information content (AvgIpc) is 2.38. The lowest BCUT2D eigenvalue weighted by atomic mass is 9.90. The van der Waals surface area contributed by atoms with Gasteiger partial charge in [-0.05, 0) is 46.6 Å². The Kier molecular flexibility index (Phi) is 5.23. The van der Waals surface area contributed by atoms with Crippen LogP contribution < -0.4 is 5.32 Å². The van der Waals surface area contributed by atoms with Gasteiger partial charge in [-0.15, -0.1) is 0 Å². The summed E-state index contributed by atoms with van der Waals surface area (Å²) in [5, 5.41) is 13.3. The fraction of sp³-hybridized carbons (Fsp3) is 1.00. The second-order valence-corrected chi connectivity index (χ2v) is 6.92. The molecule has 0 aromatic rings. The van der Waals surface area contributed by atoms with Crippen molar-refractivity contribution >= 4 is 0 Å². The molecule has 1 heterocycles. The second kappa shape index (κ2) is 6.53. The second-order valence-electron chi connectivity index (χ2n) is 6.92. The summed E-state index contributed by atoms with van der Waals surface area (Å²) in [4.78, 5) is 5.07. The van der Waals surface area contributed by atoms with Gasteiger partial charge in [-0.1, -0.05) is 0 Å². The van der Waals surface area contributed by atoms with Crippen molar-refractivity contribution < 1.29 is 5.11 Å². The summed E-state index contributed by atoms with van der Waals surface area (Å²) in [5.41, 5.74) is -0.562. The van der Waals surface area contributed by atoms with E-state index in [0.29, 0.717) is 0 Å². The van der Waals surface area contributed by atoms with Gasteiger partial charge < -0.3 is 10.4 Å². The first kappa shape index (κ1) is 15.2. The van der Waals surface area contributed by atoms with Gasteiger partial charge in [0.1, 0.15) is 0 Å². The summed E-state index contributed by atoms with van der Waals surface area (Å²) < 4.78 is 0. The molecule has 1 aliphatic carbocycles. The van der Waals surface area contributed by atoms with Gasteiger partial charge in [0.05, 0.1) is 5.60 Å². The van der Waals surface area contributed by atoms with Gasteiger partial charge in [0.2, 0.25) is 0 Å². The van der Waals surface area contributed by atoms with Crippen LogP contribution in [0, 0.1) is 0 Å². The molecule has 0 aromatic heterocycles. The highest BCUT2D eigenvalue weighted by Gasteiger charge is 2.29. The van der Waals surface area contributed by atoms with E-state index in [9.17, 15) is 5.11 Å². The van der Waals surface area contributed by atoms with Gasteiger partial charge in [-0.3, -0.25) is 9.80 Å². The van der Waals surface area contributed by atoms with Crippen molar-refractivity contribution in [1.29, 1.82) is 0 Å². The Balaban J connectivity index is 1.72. The average molecular weight is 269 g/mol. The van der Waals surface area contributed by atoms with E-state index in [1.165, 1.54) is 38.8 Å². The third kappa shape index (κ3) is 4.71. The van der Waals surface area contributed by atoms with Crippen LogP contribution in [0.4, 0.5) is 0 Å². The third-order valence-corrected chi connectivity index (χ3v) is 4.64. The summed E-state index contributed by atoms with van der Waals surface area (Å²) in [6.07, 6.45) is 5.34. The number of nitrogens with one attached hydrogen (secondary N) is 1. The van der Waals surface area contributed by atoms with Crippen LogP contribution in [0.15, 0.2) is 0 Å². The van der Waals surface area contributed by atoms with Crippen LogP contribution in [0.2, 0.25) is 0 Å². The molecule has 2 N–H and O–H groups in total. The fourth-order valence-electron chi connectivity index (χ4n) is 3.56. The highest BCUT2D eigenvalue weighted by atomic mass is 16.3. The van der Waals surface area contributed by atoms with Crippen molar-refractivity contribution in [3.05, 3.63) is 0 Å². The molecule has 0 radical (unpaired) electrons. The molecule has 1 aliphatic heterocycles. The van der Waals surface area contributed by atoms with Gasteiger partial charge in [-0.2, -0.15) is 0 Å². The minimum absolute atomic E-state index is 0.562. The topological polar surface area (TPSA) is 38.7 Å². The Hall–Kier alpha value is -0.160. The molecule has 0 atom stereocenters. The molecule has 0 bridgehead atoms. The molecule has 4 heteroatoms. The predicted octanol–water partition coefficient (Wildman–Crippen LogP) is 0.905. The zero-order valence-corrected chi connectivity index (χ0v) is 12.9. The molecule has 2 fully saturated rings. The molecule has 0 spiro atoms. The standard InChI is InChI=1S/C15H31N3O/c1-15(2,19)12-17-8-10-18(11-9-17)14-6-4-13(16-3)5-7-14/h13-14,16,19H,4-12H2,1-3H3. The smallest absolute Gasteiger partial charge is 0.0718 e. The molecule has 112 valence electrons. The Bertz CT molecular complexity index is 261. The number of β-amino-alcohol motifs (C(OH)–C–C–N with tert-alkyl or cyclic N) is 1. The Labute approximate surface area is 118 Å². The number of aliphatic hydroxyl groups is 1. The van der Waals surface area contributed by atoms with Crippen LogP contribution in [0.1, 0.15) is 39.5 Å². The van der Waals surface area contributed by atoms with Gasteiger partial charge in [0, 0.05) is 44.8 Å². The first-order chi connectivity index (χ1) is 8.98. The van der Waals surface area contributed by atoms with E-state index in [0.717, 1.165) is 31.7 Å². The minimum atomic E-state index is -0.562. The summed E-state index contributed by atoms with van der Waals surface area (Å²) in [6, 6.07) is 1.54. The first-order valence-corrected chi connectivity index (χ1v) is 7.84. The van der Waals surface area contributed by atoms with Gasteiger partial charge in [-0.25, -0.2) is 0 Å². The van der Waals surface area contributed by atoms with Gasteiger partial charge in [0.25, 0.3) is 0 Å². The van der Waals surface area contributed by atoms with E-state index in [4.69, 9.17) is 0 Å². The van der Waals surface area contributed by atoms with Crippen LogP contribution in [0.3, 0.4) is 0 Å². The number of rotatable bonds is 4. The normalized spacial score (nSPS) is 31.6. The zero-order valence-electron chi connectivity index (χ0n) is 12.9. The highest BCUT2D eigenvalue weighted by molar-refractivity contribution is 4.86. The number of hydrogen-bond donors (Lipinski definition) is 2. The predicted molar refractivity (Wildman–Crippen MR) is 79.4 cm³/mol. The molecule has 19 heavy (non-hydrogen) atoms. The van der Waals surface area contributed by atoms with Gasteiger partial charge in [0.15, 0.2) is 0 Å². The molecule has 1 saturated carbocycles. The third-order valence-electron chi connectivity index (χ3n) is 4.64. The van der Waals surface area contributed by atoms with Crippen LogP contribution in [0.5, 0.6) is 0 Å². The molecule has 0 amide bonds. The van der Waals surface area contributed by atoms with Gasteiger partial charge >= 0.3 is 0 Å². The maximum atomic E-state index is 9.88. The fourth-order valence-corrected chi connectivity index (χ4v) is 3.56. The van der Waals surface area contributed by atoms with Crippen molar-refractivity contribution in [2.75, 3.05) is 39.8 Å². The summed E-state index contributed by atoms with van der Waals surface area (Å²) in [6.45, 7) is 9.16. The maximum absolute atomic E-state index is 9.88. The Morgan fingerprint density at radius 3 is 2.11 bits per heavy atom. The lowest BCUT2D eigenvalue weighted by Gasteiger charge is -2.43. The van der Waals surface area contributed by atoms with Crippen molar-refractivity contribution in [3.63, 3.8) is 0 Å². The number of piperazine rings is 1. The van der Waals surface area contributed by atoms with Crippen molar-refractivity contribution in [3.8, 4) is 0 Å². The molecule has 0 aromatic carbocycles. The van der Waals surface area contributed by atoms with E-state index in [1.807, 2.05) is 13.8 Å². The summed E-state index contributed by atoms with van der Waals surface area (Å²) >= 11 is 0. The number of nitrogens with zero attached hydrogens (tertiary/aromatic N) is 2. The Morgan fingerprint density at radius 1 is 1.05 bits per heavy atom. The molecule has 0 unspecified atom stereocenters. The van der Waals surface area contributed by atoms with Crippen molar-refractivity contribution in [2.45, 2.75) is 57.2 Å². The first-order valence-electron chi connectivity index (χ1n) is 7.84. The zero-order chi connectivity index (χ0) is 13.9. The van der Waals surface area contributed by atoms with Crippen LogP contribution in [-0.4, -0.2) is 72.4 Å². The maximum Gasteiger partial charge on any atom is 0.0718 e. The van der Waals surface area contributed by atoms with E-state index in [1.54, 1.807) is 0 Å². The van der Waals surface area contributed by atoms with E-state index >= 15 is 0 Å². The summed E-state index contributed by atoms with van der Waals surface area (Å²) in [5.74, 6) is 0. The Morgan fingerprint density at radius 2 is 1.63 bits per heavy atom. The quantitative estimate of drug-likeness (QED) is 0.795.